The minimum atomic E-state index is 0.197. The lowest BCUT2D eigenvalue weighted by atomic mass is 9.97. The molecule has 6 heteroatoms. The maximum Gasteiger partial charge on any atom is 0.227 e. The summed E-state index contributed by atoms with van der Waals surface area (Å²) in [4.78, 5) is 18.9. The van der Waals surface area contributed by atoms with Crippen LogP contribution >= 0.6 is 0 Å². The van der Waals surface area contributed by atoms with Crippen LogP contribution in [0, 0.1) is 12.8 Å². The van der Waals surface area contributed by atoms with E-state index in [4.69, 9.17) is 0 Å². The number of pyridine rings is 1. The molecule has 25 heavy (non-hydrogen) atoms. The van der Waals surface area contributed by atoms with Crippen molar-refractivity contribution in [3.63, 3.8) is 0 Å². The van der Waals surface area contributed by atoms with Crippen LogP contribution in [0.5, 0.6) is 0 Å². The van der Waals surface area contributed by atoms with E-state index in [9.17, 15) is 4.79 Å². The number of rotatable bonds is 4. The number of benzene rings is 1. The molecule has 1 aromatic carbocycles. The second-order valence-corrected chi connectivity index (χ2v) is 6.40. The van der Waals surface area contributed by atoms with E-state index in [0.717, 1.165) is 30.2 Å². The summed E-state index contributed by atoms with van der Waals surface area (Å²) in [5.41, 5.74) is 3.15. The summed E-state index contributed by atoms with van der Waals surface area (Å²) in [6, 6.07) is 13.9. The molecule has 0 unspecified atom stereocenters. The lowest BCUT2D eigenvalue weighted by Crippen LogP contribution is -2.24. The molecule has 3 aromatic rings. The molecule has 0 aliphatic carbocycles. The molecule has 0 spiro atoms. The third-order valence-corrected chi connectivity index (χ3v) is 4.65. The Morgan fingerprint density at radius 3 is 2.56 bits per heavy atom. The second-order valence-electron chi connectivity index (χ2n) is 6.40. The molecule has 0 bridgehead atoms. The molecule has 3 heterocycles. The molecule has 126 valence electrons. The number of anilines is 1. The van der Waals surface area contributed by atoms with E-state index < -0.39 is 0 Å². The van der Waals surface area contributed by atoms with Crippen LogP contribution in [-0.2, 0) is 11.2 Å². The number of aryl methyl sites for hydroxylation is 1. The van der Waals surface area contributed by atoms with E-state index in [1.54, 1.807) is 17.2 Å². The molecule has 0 saturated carbocycles. The predicted molar refractivity (Wildman–Crippen MR) is 94.5 cm³/mol. The van der Waals surface area contributed by atoms with Crippen molar-refractivity contribution in [2.45, 2.75) is 19.8 Å². The molecule has 1 fully saturated rings. The monoisotopic (exact) mass is 333 g/mol. The zero-order valence-electron chi connectivity index (χ0n) is 14.0. The van der Waals surface area contributed by atoms with E-state index in [0.29, 0.717) is 12.3 Å². The quantitative estimate of drug-likeness (QED) is 0.736. The summed E-state index contributed by atoms with van der Waals surface area (Å²) < 4.78 is 1.78. The van der Waals surface area contributed by atoms with Gasteiger partial charge in [0.15, 0.2) is 0 Å². The Kier molecular flexibility index (Phi) is 4.01. The van der Waals surface area contributed by atoms with Crippen LogP contribution in [0.1, 0.15) is 17.7 Å². The number of aromatic nitrogens is 4. The van der Waals surface area contributed by atoms with Gasteiger partial charge in [-0.3, -0.25) is 9.36 Å². The second kappa shape index (κ2) is 6.47. The smallest absolute Gasteiger partial charge is 0.227 e. The Bertz CT molecular complexity index is 876. The van der Waals surface area contributed by atoms with E-state index in [1.165, 1.54) is 5.56 Å². The molecule has 0 radical (unpaired) electrons. The summed E-state index contributed by atoms with van der Waals surface area (Å²) in [6.45, 7) is 2.77. The first-order valence-corrected chi connectivity index (χ1v) is 8.37. The fourth-order valence-electron chi connectivity index (χ4n) is 3.34. The van der Waals surface area contributed by atoms with Crippen LogP contribution in [0.2, 0.25) is 0 Å². The first-order chi connectivity index (χ1) is 12.2. The van der Waals surface area contributed by atoms with Crippen LogP contribution in [0.25, 0.3) is 5.82 Å². The van der Waals surface area contributed by atoms with Crippen LogP contribution in [0.4, 0.5) is 5.69 Å². The van der Waals surface area contributed by atoms with Crippen molar-refractivity contribution in [1.82, 2.24) is 19.7 Å². The van der Waals surface area contributed by atoms with Crippen molar-refractivity contribution in [2.24, 2.45) is 5.92 Å². The van der Waals surface area contributed by atoms with Crippen molar-refractivity contribution in [1.29, 1.82) is 0 Å². The Balaban J connectivity index is 1.49. The van der Waals surface area contributed by atoms with Crippen LogP contribution in [0.3, 0.4) is 0 Å². The highest BCUT2D eigenvalue weighted by Crippen LogP contribution is 2.27. The van der Waals surface area contributed by atoms with Gasteiger partial charge in [-0.1, -0.05) is 24.3 Å². The van der Waals surface area contributed by atoms with Gasteiger partial charge in [0.05, 0.1) is 0 Å². The van der Waals surface area contributed by atoms with Gasteiger partial charge in [0, 0.05) is 24.3 Å². The Hall–Kier alpha value is -3.02. The largest absolute Gasteiger partial charge is 0.312 e. The van der Waals surface area contributed by atoms with Gasteiger partial charge in [-0.25, -0.2) is 4.98 Å². The van der Waals surface area contributed by atoms with Crippen molar-refractivity contribution in [3.8, 4) is 5.82 Å². The molecule has 1 atom stereocenters. The van der Waals surface area contributed by atoms with Gasteiger partial charge in [0.25, 0.3) is 0 Å². The summed E-state index contributed by atoms with van der Waals surface area (Å²) in [5.74, 6) is 1.32. The van der Waals surface area contributed by atoms with E-state index >= 15 is 0 Å². The predicted octanol–water partition coefficient (Wildman–Crippen LogP) is 2.57. The Morgan fingerprint density at radius 1 is 1.08 bits per heavy atom. The lowest BCUT2D eigenvalue weighted by molar-refractivity contribution is -0.117. The summed E-state index contributed by atoms with van der Waals surface area (Å²) in [6.07, 6.45) is 4.71. The number of carbonyl (C=O) groups is 1. The van der Waals surface area contributed by atoms with Crippen LogP contribution in [0.15, 0.2) is 55.1 Å². The number of carbonyl (C=O) groups excluding carboxylic acids is 1. The van der Waals surface area contributed by atoms with Gasteiger partial charge in [-0.2, -0.15) is 0 Å². The average Bonchev–Trinajstić information content (AvgIpc) is 3.27. The van der Waals surface area contributed by atoms with Gasteiger partial charge in [-0.05, 0) is 43.0 Å². The van der Waals surface area contributed by atoms with Crippen molar-refractivity contribution in [2.75, 3.05) is 11.4 Å². The molecule has 4 rings (SSSR count). The topological polar surface area (TPSA) is 63.9 Å². The molecule has 1 amide bonds. The van der Waals surface area contributed by atoms with Gasteiger partial charge < -0.3 is 4.90 Å². The normalized spacial score (nSPS) is 17.2. The molecular formula is C19H19N5O. The average molecular weight is 333 g/mol. The molecule has 0 N–H and O–H groups in total. The minimum Gasteiger partial charge on any atom is -0.312 e. The molecule has 1 aliphatic heterocycles. The van der Waals surface area contributed by atoms with Gasteiger partial charge in [0.1, 0.15) is 18.5 Å². The number of amides is 1. The standard InChI is InChI=1S/C19H19N5O/c1-14-16(7-8-18(22-14)23-12-20-21-13-23)9-15-10-19(25)24(11-15)17-5-3-2-4-6-17/h2-8,12-13,15H,9-11H2,1H3/t15-/m1/s1. The van der Waals surface area contributed by atoms with Gasteiger partial charge in [-0.15, -0.1) is 10.2 Å². The van der Waals surface area contributed by atoms with Crippen molar-refractivity contribution < 1.29 is 4.79 Å². The third-order valence-electron chi connectivity index (χ3n) is 4.65. The van der Waals surface area contributed by atoms with Gasteiger partial charge in [0.2, 0.25) is 5.91 Å². The lowest BCUT2D eigenvalue weighted by Gasteiger charge is -2.17. The van der Waals surface area contributed by atoms with E-state index in [1.807, 2.05) is 48.2 Å². The SMILES string of the molecule is Cc1nc(-n2cnnc2)ccc1C[C@@H]1CC(=O)N(c2ccccc2)C1. The van der Waals surface area contributed by atoms with Crippen molar-refractivity contribution in [3.05, 3.63) is 66.4 Å². The van der Waals surface area contributed by atoms with Crippen LogP contribution in [-0.4, -0.2) is 32.2 Å². The zero-order chi connectivity index (χ0) is 17.2. The first kappa shape index (κ1) is 15.5. The highest BCUT2D eigenvalue weighted by atomic mass is 16.2. The highest BCUT2D eigenvalue weighted by molar-refractivity contribution is 5.95. The third kappa shape index (κ3) is 3.15. The molecular weight excluding hydrogens is 314 g/mol. The highest BCUT2D eigenvalue weighted by Gasteiger charge is 2.30. The summed E-state index contributed by atoms with van der Waals surface area (Å²) in [7, 11) is 0. The Labute approximate surface area is 146 Å². The molecule has 2 aromatic heterocycles. The Morgan fingerprint density at radius 2 is 1.84 bits per heavy atom. The van der Waals surface area contributed by atoms with E-state index in [2.05, 4.69) is 21.2 Å². The molecule has 6 nitrogen and oxygen atoms in total. The van der Waals surface area contributed by atoms with E-state index in [-0.39, 0.29) is 5.91 Å². The van der Waals surface area contributed by atoms with Gasteiger partial charge >= 0.3 is 0 Å². The maximum atomic E-state index is 12.4. The van der Waals surface area contributed by atoms with Crippen LogP contribution < -0.4 is 4.90 Å². The maximum absolute atomic E-state index is 12.4. The molecule has 1 aliphatic rings. The molecule has 1 saturated heterocycles. The zero-order valence-corrected chi connectivity index (χ0v) is 14.0. The number of para-hydroxylation sites is 1. The number of hydrogen-bond acceptors (Lipinski definition) is 4. The minimum absolute atomic E-state index is 0.197. The fraction of sp³-hybridized carbons (Fsp3) is 0.263. The number of hydrogen-bond donors (Lipinski definition) is 0. The number of nitrogens with zero attached hydrogens (tertiary/aromatic N) is 5. The first-order valence-electron chi connectivity index (χ1n) is 8.37. The van der Waals surface area contributed by atoms with Crippen molar-refractivity contribution >= 4 is 11.6 Å². The summed E-state index contributed by atoms with van der Waals surface area (Å²) in [5, 5.41) is 7.62. The summed E-state index contributed by atoms with van der Waals surface area (Å²) >= 11 is 0. The fourth-order valence-corrected chi connectivity index (χ4v) is 3.34.